The molecule has 0 saturated heterocycles. The van der Waals surface area contributed by atoms with Crippen molar-refractivity contribution in [3.8, 4) is 0 Å². The Morgan fingerprint density at radius 2 is 2.21 bits per heavy atom. The van der Waals surface area contributed by atoms with E-state index in [-0.39, 0.29) is 5.91 Å². The Labute approximate surface area is 91.8 Å². The number of carbonyl (C=O) groups excluding carboxylic acids is 1. The minimum atomic E-state index is -0.440. The van der Waals surface area contributed by atoms with E-state index in [2.05, 4.69) is 21.2 Å². The molecule has 14 heavy (non-hydrogen) atoms. The number of nitrogens with two attached hydrogens (primary N) is 1. The average molecular weight is 257 g/mol. The number of primary amides is 1. The molecule has 1 amide bonds. The largest absolute Gasteiger partial charge is 0.368 e. The highest BCUT2D eigenvalue weighted by molar-refractivity contribution is 9.10. The number of carbonyl (C=O) groups is 1. The molecule has 3 nitrogen and oxygen atoms in total. The number of nitrogens with one attached hydrogen (secondary N) is 1. The van der Waals surface area contributed by atoms with Gasteiger partial charge in [-0.3, -0.25) is 4.79 Å². The van der Waals surface area contributed by atoms with Crippen LogP contribution in [0.4, 0.5) is 0 Å². The summed E-state index contributed by atoms with van der Waals surface area (Å²) in [5.41, 5.74) is 7.27. The van der Waals surface area contributed by atoms with Gasteiger partial charge in [-0.1, -0.05) is 28.1 Å². The van der Waals surface area contributed by atoms with Crippen LogP contribution in [0.25, 0.3) is 0 Å². The van der Waals surface area contributed by atoms with Gasteiger partial charge in [0.1, 0.15) is 6.04 Å². The Morgan fingerprint density at radius 1 is 1.57 bits per heavy atom. The van der Waals surface area contributed by atoms with E-state index >= 15 is 0 Å². The fourth-order valence-corrected chi connectivity index (χ4v) is 2.04. The second-order valence-corrected chi connectivity index (χ2v) is 4.00. The number of hydrogen-bond donors (Lipinski definition) is 2. The van der Waals surface area contributed by atoms with Crippen molar-refractivity contribution in [2.24, 2.45) is 5.73 Å². The lowest BCUT2D eigenvalue weighted by atomic mass is 10.1. The molecule has 1 unspecified atom stereocenters. The van der Waals surface area contributed by atoms with Crippen molar-refractivity contribution < 1.29 is 4.79 Å². The van der Waals surface area contributed by atoms with Gasteiger partial charge in [0.2, 0.25) is 5.91 Å². The molecule has 1 aromatic carbocycles. The molecular formula is C10H13BrN2O. The Morgan fingerprint density at radius 3 is 2.64 bits per heavy atom. The van der Waals surface area contributed by atoms with Gasteiger partial charge in [-0.15, -0.1) is 0 Å². The van der Waals surface area contributed by atoms with Gasteiger partial charge in [0.25, 0.3) is 0 Å². The molecule has 3 N–H and O–H groups in total. The minimum Gasteiger partial charge on any atom is -0.368 e. The highest BCUT2D eigenvalue weighted by atomic mass is 79.9. The van der Waals surface area contributed by atoms with E-state index in [1.807, 2.05) is 25.1 Å². The molecule has 0 aliphatic carbocycles. The molecule has 0 aromatic heterocycles. The standard InChI is InChI=1S/C10H13BrN2O/c1-6-3-4-7(8(11)5-6)9(13-2)10(12)14/h3-5,9,13H,1-2H3,(H2,12,14). The second kappa shape index (κ2) is 4.57. The normalized spacial score (nSPS) is 12.5. The van der Waals surface area contributed by atoms with E-state index in [9.17, 15) is 4.79 Å². The summed E-state index contributed by atoms with van der Waals surface area (Å²) in [7, 11) is 1.71. The lowest BCUT2D eigenvalue weighted by Gasteiger charge is -2.14. The van der Waals surface area contributed by atoms with Crippen molar-refractivity contribution >= 4 is 21.8 Å². The smallest absolute Gasteiger partial charge is 0.239 e. The zero-order valence-corrected chi connectivity index (χ0v) is 9.76. The third kappa shape index (κ3) is 2.33. The molecule has 0 radical (unpaired) electrons. The molecule has 76 valence electrons. The second-order valence-electron chi connectivity index (χ2n) is 3.15. The molecule has 4 heteroatoms. The minimum absolute atomic E-state index is 0.378. The molecule has 1 atom stereocenters. The molecular weight excluding hydrogens is 244 g/mol. The number of aryl methyl sites for hydroxylation is 1. The van der Waals surface area contributed by atoms with Crippen LogP contribution in [-0.2, 0) is 4.79 Å². The number of hydrogen-bond acceptors (Lipinski definition) is 2. The zero-order valence-electron chi connectivity index (χ0n) is 8.17. The fraction of sp³-hybridized carbons (Fsp3) is 0.300. The summed E-state index contributed by atoms with van der Waals surface area (Å²) in [6.07, 6.45) is 0. The first kappa shape index (κ1) is 11.2. The number of amides is 1. The predicted octanol–water partition coefficient (Wildman–Crippen LogP) is 1.50. The highest BCUT2D eigenvalue weighted by Gasteiger charge is 2.17. The lowest BCUT2D eigenvalue weighted by molar-refractivity contribution is -0.120. The van der Waals surface area contributed by atoms with Gasteiger partial charge in [0.05, 0.1) is 0 Å². The quantitative estimate of drug-likeness (QED) is 0.862. The number of benzene rings is 1. The summed E-state index contributed by atoms with van der Waals surface area (Å²) in [5.74, 6) is -0.378. The van der Waals surface area contributed by atoms with Crippen LogP contribution in [0.5, 0.6) is 0 Å². The van der Waals surface area contributed by atoms with Gasteiger partial charge in [0, 0.05) is 4.47 Å². The molecule has 0 saturated carbocycles. The van der Waals surface area contributed by atoms with Crippen LogP contribution >= 0.6 is 15.9 Å². The third-order valence-electron chi connectivity index (χ3n) is 2.04. The Kier molecular flexibility index (Phi) is 3.66. The van der Waals surface area contributed by atoms with E-state index in [1.54, 1.807) is 7.05 Å². The molecule has 0 bridgehead atoms. The topological polar surface area (TPSA) is 55.1 Å². The summed E-state index contributed by atoms with van der Waals surface area (Å²) < 4.78 is 0.899. The maximum atomic E-state index is 11.1. The van der Waals surface area contributed by atoms with Crippen LogP contribution < -0.4 is 11.1 Å². The van der Waals surface area contributed by atoms with Gasteiger partial charge in [0.15, 0.2) is 0 Å². The maximum Gasteiger partial charge on any atom is 0.239 e. The van der Waals surface area contributed by atoms with Gasteiger partial charge in [-0.05, 0) is 31.2 Å². The SMILES string of the molecule is CNC(C(N)=O)c1ccc(C)cc1Br. The first-order valence-corrected chi connectivity index (χ1v) is 5.08. The van der Waals surface area contributed by atoms with E-state index in [0.717, 1.165) is 15.6 Å². The molecule has 0 spiro atoms. The molecule has 1 aromatic rings. The van der Waals surface area contributed by atoms with Crippen molar-refractivity contribution in [2.45, 2.75) is 13.0 Å². The van der Waals surface area contributed by atoms with Gasteiger partial charge in [-0.25, -0.2) is 0 Å². The van der Waals surface area contributed by atoms with Gasteiger partial charge in [-0.2, -0.15) is 0 Å². The van der Waals surface area contributed by atoms with Crippen LogP contribution in [0.15, 0.2) is 22.7 Å². The first-order chi connectivity index (χ1) is 6.56. The van der Waals surface area contributed by atoms with E-state index in [1.165, 1.54) is 0 Å². The number of likely N-dealkylation sites (N-methyl/N-ethyl adjacent to an activating group) is 1. The molecule has 0 aliphatic rings. The Hall–Kier alpha value is -0.870. The van der Waals surface area contributed by atoms with E-state index < -0.39 is 6.04 Å². The fourth-order valence-electron chi connectivity index (χ4n) is 1.32. The zero-order chi connectivity index (χ0) is 10.7. The molecule has 1 rings (SSSR count). The van der Waals surface area contributed by atoms with E-state index in [4.69, 9.17) is 5.73 Å². The monoisotopic (exact) mass is 256 g/mol. The summed E-state index contributed by atoms with van der Waals surface area (Å²) >= 11 is 3.41. The third-order valence-corrected chi connectivity index (χ3v) is 2.73. The summed E-state index contributed by atoms with van der Waals surface area (Å²) in [6.45, 7) is 1.99. The molecule has 0 heterocycles. The summed E-state index contributed by atoms with van der Waals surface area (Å²) in [5, 5.41) is 2.87. The van der Waals surface area contributed by atoms with Crippen molar-refractivity contribution in [1.29, 1.82) is 0 Å². The molecule has 0 aliphatic heterocycles. The Balaban J connectivity index is 3.10. The highest BCUT2D eigenvalue weighted by Crippen LogP contribution is 2.24. The van der Waals surface area contributed by atoms with E-state index in [0.29, 0.717) is 0 Å². The summed E-state index contributed by atoms with van der Waals surface area (Å²) in [6, 6.07) is 5.37. The van der Waals surface area contributed by atoms with Crippen LogP contribution in [0, 0.1) is 6.92 Å². The number of rotatable bonds is 3. The van der Waals surface area contributed by atoms with Crippen molar-refractivity contribution in [3.05, 3.63) is 33.8 Å². The summed E-state index contributed by atoms with van der Waals surface area (Å²) in [4.78, 5) is 11.1. The van der Waals surface area contributed by atoms with Crippen LogP contribution in [0.1, 0.15) is 17.2 Å². The number of halogens is 1. The van der Waals surface area contributed by atoms with Crippen LogP contribution in [0.2, 0.25) is 0 Å². The molecule has 0 fully saturated rings. The van der Waals surface area contributed by atoms with Crippen LogP contribution in [-0.4, -0.2) is 13.0 Å². The van der Waals surface area contributed by atoms with Gasteiger partial charge >= 0.3 is 0 Å². The van der Waals surface area contributed by atoms with Gasteiger partial charge < -0.3 is 11.1 Å². The average Bonchev–Trinajstić information content (AvgIpc) is 2.09. The lowest BCUT2D eigenvalue weighted by Crippen LogP contribution is -2.31. The predicted molar refractivity (Wildman–Crippen MR) is 59.9 cm³/mol. The van der Waals surface area contributed by atoms with Crippen molar-refractivity contribution in [2.75, 3.05) is 7.05 Å². The maximum absolute atomic E-state index is 11.1. The van der Waals surface area contributed by atoms with Crippen molar-refractivity contribution in [3.63, 3.8) is 0 Å². The first-order valence-electron chi connectivity index (χ1n) is 4.29. The van der Waals surface area contributed by atoms with Crippen molar-refractivity contribution in [1.82, 2.24) is 5.32 Å². The Bertz CT molecular complexity index is 352. The van der Waals surface area contributed by atoms with Crippen LogP contribution in [0.3, 0.4) is 0 Å².